The van der Waals surface area contributed by atoms with Crippen molar-refractivity contribution in [2.75, 3.05) is 12.4 Å². The zero-order chi connectivity index (χ0) is 13.3. The Balaban J connectivity index is 2.25. The van der Waals surface area contributed by atoms with Gasteiger partial charge in [-0.05, 0) is 31.7 Å². The van der Waals surface area contributed by atoms with Crippen molar-refractivity contribution in [2.45, 2.75) is 25.8 Å². The van der Waals surface area contributed by atoms with Gasteiger partial charge in [-0.25, -0.2) is 13.6 Å². The van der Waals surface area contributed by atoms with Gasteiger partial charge in [0.15, 0.2) is 0 Å². The number of methoxy groups -OCH3 is 1. The summed E-state index contributed by atoms with van der Waals surface area (Å²) in [6.07, 6.45) is 2.22. The highest BCUT2D eigenvalue weighted by Gasteiger charge is 2.28. The minimum absolute atomic E-state index is 0.107. The van der Waals surface area contributed by atoms with Gasteiger partial charge < -0.3 is 10.1 Å². The molecule has 0 heterocycles. The first-order valence-electron chi connectivity index (χ1n) is 5.87. The van der Waals surface area contributed by atoms with Crippen LogP contribution in [0, 0.1) is 17.6 Å². The molecule has 0 aromatic heterocycles. The molecule has 1 saturated carbocycles. The maximum absolute atomic E-state index is 13.6. The van der Waals surface area contributed by atoms with E-state index in [1.165, 1.54) is 0 Å². The molecule has 98 valence electrons. The normalized spacial score (nSPS) is 16.2. The van der Waals surface area contributed by atoms with Crippen LogP contribution in [0.2, 0.25) is 0 Å². The molecule has 5 heteroatoms. The second-order valence-electron chi connectivity index (χ2n) is 4.57. The molecule has 1 unspecified atom stereocenters. The summed E-state index contributed by atoms with van der Waals surface area (Å²) in [6.45, 7) is 1.94. The van der Waals surface area contributed by atoms with Gasteiger partial charge in [-0.15, -0.1) is 0 Å². The molecule has 0 amide bonds. The summed E-state index contributed by atoms with van der Waals surface area (Å²) in [5.41, 5.74) is -0.124. The van der Waals surface area contributed by atoms with E-state index >= 15 is 0 Å². The first-order chi connectivity index (χ1) is 8.52. The molecule has 0 saturated heterocycles. The molecule has 2 rings (SSSR count). The molecule has 1 aromatic rings. The first-order valence-corrected chi connectivity index (χ1v) is 5.87. The Morgan fingerprint density at radius 3 is 2.61 bits per heavy atom. The largest absolute Gasteiger partial charge is 0.465 e. The van der Waals surface area contributed by atoms with Crippen molar-refractivity contribution in [3.8, 4) is 0 Å². The summed E-state index contributed by atoms with van der Waals surface area (Å²) < 4.78 is 31.4. The van der Waals surface area contributed by atoms with Crippen molar-refractivity contribution in [1.29, 1.82) is 0 Å². The average Bonchev–Trinajstić information content (AvgIpc) is 3.15. The minimum Gasteiger partial charge on any atom is -0.465 e. The lowest BCUT2D eigenvalue weighted by Gasteiger charge is -2.16. The molecule has 18 heavy (non-hydrogen) atoms. The summed E-state index contributed by atoms with van der Waals surface area (Å²) in [6, 6.07) is 1.97. The number of carbonyl (C=O) groups excluding carboxylic acids is 1. The Morgan fingerprint density at radius 2 is 2.06 bits per heavy atom. The zero-order valence-electron chi connectivity index (χ0n) is 10.3. The molecule has 0 radical (unpaired) electrons. The predicted molar refractivity (Wildman–Crippen MR) is 63.5 cm³/mol. The van der Waals surface area contributed by atoms with Crippen molar-refractivity contribution in [2.24, 2.45) is 5.92 Å². The molecule has 0 aliphatic heterocycles. The van der Waals surface area contributed by atoms with Gasteiger partial charge in [-0.2, -0.15) is 0 Å². The lowest BCUT2D eigenvalue weighted by atomic mass is 10.1. The van der Waals surface area contributed by atoms with E-state index in [9.17, 15) is 13.6 Å². The Bertz CT molecular complexity index is 472. The summed E-state index contributed by atoms with van der Waals surface area (Å²) in [5.74, 6) is -1.90. The molecule has 0 bridgehead atoms. The molecule has 1 aromatic carbocycles. The number of hydrogen-bond acceptors (Lipinski definition) is 3. The Labute approximate surface area is 104 Å². The number of nitrogens with one attached hydrogen (secondary N) is 1. The Morgan fingerprint density at radius 1 is 1.39 bits per heavy atom. The highest BCUT2D eigenvalue weighted by Crippen LogP contribution is 2.34. The molecule has 0 spiro atoms. The van der Waals surface area contributed by atoms with E-state index in [4.69, 9.17) is 0 Å². The lowest BCUT2D eigenvalue weighted by Crippen LogP contribution is -2.19. The molecule has 1 aliphatic rings. The van der Waals surface area contributed by atoms with E-state index in [2.05, 4.69) is 10.1 Å². The van der Waals surface area contributed by atoms with E-state index in [1.54, 1.807) is 0 Å². The third kappa shape index (κ3) is 2.60. The first kappa shape index (κ1) is 12.8. The fourth-order valence-corrected chi connectivity index (χ4v) is 1.89. The number of rotatable bonds is 4. The predicted octanol–water partition coefficient (Wildman–Crippen LogP) is 2.96. The van der Waals surface area contributed by atoms with Crippen molar-refractivity contribution in [1.82, 2.24) is 0 Å². The minimum atomic E-state index is -0.913. The van der Waals surface area contributed by atoms with E-state index in [-0.39, 0.29) is 17.3 Å². The molecule has 3 nitrogen and oxygen atoms in total. The fraction of sp³-hybridized carbons (Fsp3) is 0.462. The van der Waals surface area contributed by atoms with E-state index < -0.39 is 17.6 Å². The molecular formula is C13H15F2NO2. The van der Waals surface area contributed by atoms with Crippen LogP contribution < -0.4 is 5.32 Å². The van der Waals surface area contributed by atoms with Crippen molar-refractivity contribution in [3.63, 3.8) is 0 Å². The van der Waals surface area contributed by atoms with Crippen LogP contribution in [0.4, 0.5) is 14.5 Å². The highest BCUT2D eigenvalue weighted by atomic mass is 19.1. The number of hydrogen-bond donors (Lipinski definition) is 1. The van der Waals surface area contributed by atoms with Crippen LogP contribution in [0.1, 0.15) is 30.1 Å². The van der Waals surface area contributed by atoms with Crippen LogP contribution in [0.15, 0.2) is 12.1 Å². The summed E-state index contributed by atoms with van der Waals surface area (Å²) in [4.78, 5) is 11.3. The van der Waals surface area contributed by atoms with E-state index in [0.717, 1.165) is 26.0 Å². The Kier molecular flexibility index (Phi) is 3.50. The van der Waals surface area contributed by atoms with Crippen LogP contribution in [-0.2, 0) is 4.74 Å². The van der Waals surface area contributed by atoms with Gasteiger partial charge in [0, 0.05) is 12.1 Å². The van der Waals surface area contributed by atoms with Gasteiger partial charge in [0.25, 0.3) is 0 Å². The second kappa shape index (κ2) is 4.92. The summed E-state index contributed by atoms with van der Waals surface area (Å²) in [5, 5.41) is 2.97. The van der Waals surface area contributed by atoms with Gasteiger partial charge in [0.2, 0.25) is 0 Å². The number of carbonyl (C=O) groups is 1. The van der Waals surface area contributed by atoms with Crippen molar-refractivity contribution in [3.05, 3.63) is 29.3 Å². The SMILES string of the molecule is COC(=O)c1cc(NC(C)C2CC2)c(F)cc1F. The molecule has 1 N–H and O–H groups in total. The second-order valence-corrected chi connectivity index (χ2v) is 4.57. The zero-order valence-corrected chi connectivity index (χ0v) is 10.3. The topological polar surface area (TPSA) is 38.3 Å². The molecule has 1 aliphatic carbocycles. The van der Waals surface area contributed by atoms with E-state index in [0.29, 0.717) is 12.0 Å². The average molecular weight is 255 g/mol. The van der Waals surface area contributed by atoms with Crippen LogP contribution in [0.5, 0.6) is 0 Å². The molecular weight excluding hydrogens is 240 g/mol. The Hall–Kier alpha value is -1.65. The van der Waals surface area contributed by atoms with E-state index in [1.807, 2.05) is 6.92 Å². The number of esters is 1. The number of anilines is 1. The molecule has 1 atom stereocenters. The smallest absolute Gasteiger partial charge is 0.340 e. The number of benzene rings is 1. The van der Waals surface area contributed by atoms with Gasteiger partial charge in [-0.3, -0.25) is 0 Å². The van der Waals surface area contributed by atoms with Gasteiger partial charge in [0.1, 0.15) is 11.6 Å². The maximum atomic E-state index is 13.6. The van der Waals surface area contributed by atoms with Crippen LogP contribution in [0.3, 0.4) is 0 Å². The maximum Gasteiger partial charge on any atom is 0.340 e. The van der Waals surface area contributed by atoms with Gasteiger partial charge in [0.05, 0.1) is 18.4 Å². The third-order valence-electron chi connectivity index (χ3n) is 3.17. The van der Waals surface area contributed by atoms with Gasteiger partial charge in [-0.1, -0.05) is 0 Å². The van der Waals surface area contributed by atoms with Crippen LogP contribution in [0.25, 0.3) is 0 Å². The summed E-state index contributed by atoms with van der Waals surface area (Å²) in [7, 11) is 1.16. The number of halogens is 2. The molecule has 1 fully saturated rings. The van der Waals surface area contributed by atoms with Crippen molar-refractivity contribution < 1.29 is 18.3 Å². The van der Waals surface area contributed by atoms with Crippen LogP contribution >= 0.6 is 0 Å². The number of ether oxygens (including phenoxy) is 1. The standard InChI is InChI=1S/C13H15F2NO2/c1-7(8-3-4-8)16-12-5-9(13(17)18-2)10(14)6-11(12)15/h5-8,16H,3-4H2,1-2H3. The van der Waals surface area contributed by atoms with Crippen LogP contribution in [-0.4, -0.2) is 19.1 Å². The quantitative estimate of drug-likeness (QED) is 0.840. The highest BCUT2D eigenvalue weighted by molar-refractivity contribution is 5.90. The lowest BCUT2D eigenvalue weighted by molar-refractivity contribution is 0.0595. The fourth-order valence-electron chi connectivity index (χ4n) is 1.89. The van der Waals surface area contributed by atoms with Crippen molar-refractivity contribution >= 4 is 11.7 Å². The van der Waals surface area contributed by atoms with Gasteiger partial charge >= 0.3 is 5.97 Å². The third-order valence-corrected chi connectivity index (χ3v) is 3.17. The monoisotopic (exact) mass is 255 g/mol. The summed E-state index contributed by atoms with van der Waals surface area (Å²) >= 11 is 0.